The van der Waals surface area contributed by atoms with Crippen molar-refractivity contribution in [3.8, 4) is 34.6 Å². The van der Waals surface area contributed by atoms with E-state index in [1.54, 1.807) is 0 Å². The number of aromatic nitrogens is 8. The fraction of sp³-hybridized carbons (Fsp3) is 0.139. The topological polar surface area (TPSA) is 79.2 Å². The molecule has 3 aromatic carbocycles. The predicted octanol–water partition coefficient (Wildman–Crippen LogP) is 7.04. The second-order valence-electron chi connectivity index (χ2n) is 11.4. The third-order valence-corrected chi connectivity index (χ3v) is 8.43. The number of nitrogens with zero attached hydrogens (tertiary/aromatic N) is 8. The van der Waals surface area contributed by atoms with Crippen LogP contribution >= 0.6 is 0 Å². The van der Waals surface area contributed by atoms with Crippen molar-refractivity contribution in [2.45, 2.75) is 13.3 Å². The summed E-state index contributed by atoms with van der Waals surface area (Å²) in [7, 11) is 6.12. The molecule has 0 saturated heterocycles. The normalized spacial score (nSPS) is 11.7. The van der Waals surface area contributed by atoms with Crippen LogP contribution in [0.3, 0.4) is 0 Å². The third-order valence-electron chi connectivity index (χ3n) is 8.43. The zero-order valence-electron chi connectivity index (χ0n) is 25.0. The third kappa shape index (κ3) is 4.26. The molecule has 0 fully saturated rings. The van der Waals surface area contributed by atoms with Crippen LogP contribution in [0.15, 0.2) is 97.2 Å². The number of pyridine rings is 2. The van der Waals surface area contributed by atoms with Crippen molar-refractivity contribution < 1.29 is 0 Å². The summed E-state index contributed by atoms with van der Waals surface area (Å²) in [6, 6.07) is 31.3. The van der Waals surface area contributed by atoms with E-state index in [9.17, 15) is 0 Å². The molecule has 214 valence electrons. The highest BCUT2D eigenvalue weighted by atomic mass is 15.1. The van der Waals surface area contributed by atoms with Gasteiger partial charge in [-0.1, -0.05) is 36.4 Å². The van der Waals surface area contributed by atoms with E-state index in [1.165, 1.54) is 11.1 Å². The van der Waals surface area contributed by atoms with Gasteiger partial charge in [-0.05, 0) is 84.6 Å². The first-order valence-corrected chi connectivity index (χ1v) is 14.7. The Morgan fingerprint density at radius 2 is 1.05 bits per heavy atom. The van der Waals surface area contributed by atoms with Gasteiger partial charge >= 0.3 is 0 Å². The van der Waals surface area contributed by atoms with Crippen LogP contribution in [0, 0.1) is 6.92 Å². The van der Waals surface area contributed by atoms with E-state index in [0.29, 0.717) is 0 Å². The summed E-state index contributed by atoms with van der Waals surface area (Å²) >= 11 is 0. The van der Waals surface area contributed by atoms with Crippen molar-refractivity contribution >= 4 is 33.1 Å². The van der Waals surface area contributed by atoms with Gasteiger partial charge in [0.2, 0.25) is 0 Å². The van der Waals surface area contributed by atoms with E-state index in [4.69, 9.17) is 19.9 Å². The Kier molecular flexibility index (Phi) is 5.91. The molecule has 8 rings (SSSR count). The highest BCUT2D eigenvalue weighted by Gasteiger charge is 2.16. The first kappa shape index (κ1) is 26.0. The van der Waals surface area contributed by atoms with E-state index < -0.39 is 0 Å². The number of rotatable bonds is 5. The molecule has 0 radical (unpaired) electrons. The molecule has 0 aliphatic carbocycles. The van der Waals surface area contributed by atoms with Gasteiger partial charge in [-0.15, -0.1) is 0 Å². The van der Waals surface area contributed by atoms with Crippen LogP contribution in [0.4, 0.5) is 0 Å². The number of fused-ring (bicyclic) bond motifs is 3. The Hall–Kier alpha value is -5.63. The lowest BCUT2D eigenvalue weighted by molar-refractivity contribution is 0.938. The lowest BCUT2D eigenvalue weighted by atomic mass is 10.0. The first-order valence-electron chi connectivity index (χ1n) is 14.7. The number of hydrogen-bond donors (Lipinski definition) is 0. The van der Waals surface area contributed by atoms with Crippen molar-refractivity contribution in [3.63, 3.8) is 0 Å². The molecule has 0 aliphatic rings. The monoisotopic (exact) mass is 574 g/mol. The molecule has 0 unspecified atom stereocenters. The molecular formula is C36H30N8. The Bertz CT molecular complexity index is 2350. The molecule has 44 heavy (non-hydrogen) atoms. The maximum atomic E-state index is 5.04. The zero-order chi connectivity index (χ0) is 29.9. The van der Waals surface area contributed by atoms with Crippen LogP contribution in [-0.4, -0.2) is 38.6 Å². The van der Waals surface area contributed by atoms with Crippen LogP contribution < -0.4 is 0 Å². The molecule has 0 amide bonds. The van der Waals surface area contributed by atoms with Crippen molar-refractivity contribution in [2.75, 3.05) is 0 Å². The summed E-state index contributed by atoms with van der Waals surface area (Å²) in [6.07, 6.45) is 2.67. The summed E-state index contributed by atoms with van der Waals surface area (Å²) in [5.74, 6) is 2.53. The fourth-order valence-electron chi connectivity index (χ4n) is 6.06. The Balaban J connectivity index is 1.11. The van der Waals surface area contributed by atoms with Gasteiger partial charge in [-0.2, -0.15) is 0 Å². The van der Waals surface area contributed by atoms with Gasteiger partial charge < -0.3 is 13.7 Å². The Morgan fingerprint density at radius 1 is 0.500 bits per heavy atom. The predicted molar refractivity (Wildman–Crippen MR) is 175 cm³/mol. The number of para-hydroxylation sites is 2. The van der Waals surface area contributed by atoms with Crippen molar-refractivity contribution in [2.24, 2.45) is 21.1 Å². The minimum atomic E-state index is 0.785. The Morgan fingerprint density at radius 3 is 1.61 bits per heavy atom. The molecule has 0 N–H and O–H groups in total. The lowest BCUT2D eigenvalue weighted by Gasteiger charge is -2.06. The van der Waals surface area contributed by atoms with Crippen LogP contribution in [-0.2, 0) is 27.6 Å². The molecule has 8 aromatic rings. The second kappa shape index (κ2) is 9.98. The molecule has 0 atom stereocenters. The molecule has 0 bridgehead atoms. The van der Waals surface area contributed by atoms with E-state index in [2.05, 4.69) is 67.2 Å². The van der Waals surface area contributed by atoms with Crippen molar-refractivity contribution in [1.82, 2.24) is 38.6 Å². The smallest absolute Gasteiger partial charge is 0.159 e. The van der Waals surface area contributed by atoms with Gasteiger partial charge in [-0.25, -0.2) is 19.9 Å². The molecule has 0 spiro atoms. The number of aryl methyl sites for hydroxylation is 4. The second-order valence-corrected chi connectivity index (χ2v) is 11.4. The van der Waals surface area contributed by atoms with E-state index in [-0.39, 0.29) is 0 Å². The zero-order valence-corrected chi connectivity index (χ0v) is 25.0. The van der Waals surface area contributed by atoms with Crippen LogP contribution in [0.2, 0.25) is 0 Å². The fourth-order valence-corrected chi connectivity index (χ4v) is 6.06. The average Bonchev–Trinajstić information content (AvgIpc) is 3.68. The van der Waals surface area contributed by atoms with Crippen LogP contribution in [0.5, 0.6) is 0 Å². The van der Waals surface area contributed by atoms with Crippen molar-refractivity contribution in [3.05, 3.63) is 114 Å². The summed E-state index contributed by atoms with van der Waals surface area (Å²) in [5.41, 5.74) is 12.1. The van der Waals surface area contributed by atoms with Gasteiger partial charge in [0.25, 0.3) is 0 Å². The lowest BCUT2D eigenvalue weighted by Crippen LogP contribution is -1.98. The Labute approximate surface area is 254 Å². The van der Waals surface area contributed by atoms with Gasteiger partial charge in [0, 0.05) is 27.3 Å². The number of benzene rings is 3. The molecule has 0 saturated carbocycles. The van der Waals surface area contributed by atoms with Crippen molar-refractivity contribution in [1.29, 1.82) is 0 Å². The summed E-state index contributed by atoms with van der Waals surface area (Å²) < 4.78 is 6.31. The molecule has 8 heteroatoms. The average molecular weight is 575 g/mol. The minimum Gasteiger partial charge on any atom is -0.326 e. The molecular weight excluding hydrogens is 544 g/mol. The standard InChI is InChI=1S/C36H30N8/c1-22-12-15-26(37-21-22)34-40-29-19-23(13-16-32(29)43(34)3)18-24-14-17-33-30(20-24)41-36(44(33)4)28-10-7-9-27(38-28)35-39-25-8-5-6-11-31(25)42(35)2/h5-17,19-21H,18H2,1-4H3. The minimum absolute atomic E-state index is 0.785. The highest BCUT2D eigenvalue weighted by Crippen LogP contribution is 2.29. The number of imidazole rings is 3. The van der Waals surface area contributed by atoms with Gasteiger partial charge in [0.15, 0.2) is 17.5 Å². The number of hydrogen-bond acceptors (Lipinski definition) is 5. The van der Waals surface area contributed by atoms with E-state index in [1.807, 2.05) is 76.7 Å². The summed E-state index contributed by atoms with van der Waals surface area (Å²) in [5, 5.41) is 0. The van der Waals surface area contributed by atoms with Gasteiger partial charge in [0.05, 0.1) is 33.1 Å². The quantitative estimate of drug-likeness (QED) is 0.220. The van der Waals surface area contributed by atoms with Gasteiger partial charge in [0.1, 0.15) is 17.1 Å². The van der Waals surface area contributed by atoms with Crippen LogP contribution in [0.1, 0.15) is 16.7 Å². The van der Waals surface area contributed by atoms with E-state index in [0.717, 1.165) is 79.6 Å². The maximum Gasteiger partial charge on any atom is 0.159 e. The SMILES string of the molecule is Cc1ccc(-c2nc3cc(Cc4ccc5c(c4)nc(-c4cccc(-c6nc7ccccc7n6C)n4)n5C)ccc3n2C)nc1. The maximum absolute atomic E-state index is 5.04. The summed E-state index contributed by atoms with van der Waals surface area (Å²) in [4.78, 5) is 24.4. The largest absolute Gasteiger partial charge is 0.326 e. The molecule has 0 aliphatic heterocycles. The first-order chi connectivity index (χ1) is 21.4. The molecule has 5 aromatic heterocycles. The van der Waals surface area contributed by atoms with Crippen LogP contribution in [0.25, 0.3) is 67.7 Å². The molecule has 8 nitrogen and oxygen atoms in total. The summed E-state index contributed by atoms with van der Waals surface area (Å²) in [6.45, 7) is 2.04. The van der Waals surface area contributed by atoms with E-state index >= 15 is 0 Å². The van der Waals surface area contributed by atoms with Gasteiger partial charge in [-0.3, -0.25) is 4.98 Å². The molecule has 5 heterocycles. The highest BCUT2D eigenvalue weighted by molar-refractivity contribution is 5.83.